The molecule has 5 nitrogen and oxygen atoms in total. The quantitative estimate of drug-likeness (QED) is 0.801. The lowest BCUT2D eigenvalue weighted by Crippen LogP contribution is -2.42. The van der Waals surface area contributed by atoms with E-state index in [-0.39, 0.29) is 18.4 Å². The van der Waals surface area contributed by atoms with Crippen LogP contribution in [-0.4, -0.2) is 68.3 Å². The van der Waals surface area contributed by atoms with E-state index in [0.717, 1.165) is 5.56 Å². The Hall–Kier alpha value is -1.88. The molecule has 0 saturated carbocycles. The Kier molecular flexibility index (Phi) is 5.70. The van der Waals surface area contributed by atoms with Crippen LogP contribution in [0, 0.1) is 0 Å². The molecule has 0 aliphatic heterocycles. The lowest BCUT2D eigenvalue weighted by Gasteiger charge is -2.30. The van der Waals surface area contributed by atoms with Crippen LogP contribution in [0.25, 0.3) is 0 Å². The predicted molar refractivity (Wildman–Crippen MR) is 79.2 cm³/mol. The molecule has 1 aromatic rings. The first-order valence-electron chi connectivity index (χ1n) is 6.51. The average Bonchev–Trinajstić information content (AvgIpc) is 2.39. The Morgan fingerprint density at radius 3 is 1.95 bits per heavy atom. The summed E-state index contributed by atoms with van der Waals surface area (Å²) in [6.07, 6.45) is 0. The third-order valence-electron chi connectivity index (χ3n) is 3.11. The van der Waals surface area contributed by atoms with Crippen LogP contribution in [0.2, 0.25) is 0 Å². The summed E-state index contributed by atoms with van der Waals surface area (Å²) in [5, 5.41) is 0. The Balaban J connectivity index is 3.00. The minimum absolute atomic E-state index is 0.0278. The van der Waals surface area contributed by atoms with E-state index in [0.29, 0.717) is 0 Å². The molecular weight excluding hydrogens is 254 g/mol. The molecule has 1 unspecified atom stereocenters. The van der Waals surface area contributed by atoms with Gasteiger partial charge in [-0.1, -0.05) is 30.3 Å². The highest BCUT2D eigenvalue weighted by Gasteiger charge is 2.27. The average molecular weight is 277 g/mol. The number of benzene rings is 1. The van der Waals surface area contributed by atoms with E-state index in [2.05, 4.69) is 0 Å². The van der Waals surface area contributed by atoms with Gasteiger partial charge < -0.3 is 9.80 Å². The minimum atomic E-state index is -0.449. The van der Waals surface area contributed by atoms with Gasteiger partial charge in [-0.15, -0.1) is 0 Å². The first kappa shape index (κ1) is 16.2. The molecule has 0 fully saturated rings. The largest absolute Gasteiger partial charge is 0.348 e. The minimum Gasteiger partial charge on any atom is -0.348 e. The number of rotatable bonds is 5. The molecule has 1 rings (SSSR count). The van der Waals surface area contributed by atoms with E-state index >= 15 is 0 Å². The van der Waals surface area contributed by atoms with Gasteiger partial charge >= 0.3 is 0 Å². The monoisotopic (exact) mass is 277 g/mol. The number of hydrogen-bond donors (Lipinski definition) is 0. The summed E-state index contributed by atoms with van der Waals surface area (Å²) in [6, 6.07) is 9.06. The molecule has 0 N–H and O–H groups in total. The van der Waals surface area contributed by atoms with Crippen molar-refractivity contribution >= 4 is 11.8 Å². The number of likely N-dealkylation sites (N-methyl/N-ethyl adjacent to an activating group) is 3. The van der Waals surface area contributed by atoms with Crippen LogP contribution in [0.15, 0.2) is 30.3 Å². The lowest BCUT2D eigenvalue weighted by atomic mass is 10.0. The zero-order chi connectivity index (χ0) is 15.3. The third-order valence-corrected chi connectivity index (χ3v) is 3.11. The highest BCUT2D eigenvalue weighted by molar-refractivity contribution is 5.84. The first-order valence-corrected chi connectivity index (χ1v) is 6.51. The van der Waals surface area contributed by atoms with E-state index in [1.807, 2.05) is 30.3 Å². The van der Waals surface area contributed by atoms with Crippen molar-refractivity contribution in [2.45, 2.75) is 6.04 Å². The van der Waals surface area contributed by atoms with Crippen LogP contribution < -0.4 is 0 Å². The van der Waals surface area contributed by atoms with Gasteiger partial charge in [-0.2, -0.15) is 0 Å². The van der Waals surface area contributed by atoms with Crippen LogP contribution in [0.5, 0.6) is 0 Å². The molecule has 0 aliphatic carbocycles. The van der Waals surface area contributed by atoms with Gasteiger partial charge in [0.1, 0.15) is 6.04 Å². The Labute approximate surface area is 120 Å². The van der Waals surface area contributed by atoms with Crippen molar-refractivity contribution in [3.63, 3.8) is 0 Å². The normalized spacial score (nSPS) is 12.1. The van der Waals surface area contributed by atoms with Crippen molar-refractivity contribution in [1.82, 2.24) is 14.7 Å². The zero-order valence-corrected chi connectivity index (χ0v) is 12.8. The van der Waals surface area contributed by atoms with Crippen LogP contribution in [0.1, 0.15) is 11.6 Å². The summed E-state index contributed by atoms with van der Waals surface area (Å²) in [7, 11) is 8.66. The van der Waals surface area contributed by atoms with Gasteiger partial charge in [0.2, 0.25) is 11.8 Å². The Bertz CT molecular complexity index is 457. The molecule has 0 radical (unpaired) electrons. The number of hydrogen-bond acceptors (Lipinski definition) is 3. The standard InChI is InChI=1S/C15H23N3O2/c1-16(2)13(19)11-18(5)14(15(20)17(3)4)12-9-7-6-8-10-12/h6-10,14H,11H2,1-5H3. The fourth-order valence-electron chi connectivity index (χ4n) is 1.91. The summed E-state index contributed by atoms with van der Waals surface area (Å²) in [5.41, 5.74) is 0.889. The second kappa shape index (κ2) is 7.05. The Morgan fingerprint density at radius 1 is 0.950 bits per heavy atom. The van der Waals surface area contributed by atoms with Crippen molar-refractivity contribution in [3.05, 3.63) is 35.9 Å². The van der Waals surface area contributed by atoms with Crippen molar-refractivity contribution < 1.29 is 9.59 Å². The SMILES string of the molecule is CN(C)C(=O)CN(C)C(C(=O)N(C)C)c1ccccc1. The van der Waals surface area contributed by atoms with Gasteiger partial charge in [-0.3, -0.25) is 14.5 Å². The fourth-order valence-corrected chi connectivity index (χ4v) is 1.91. The van der Waals surface area contributed by atoms with Crippen molar-refractivity contribution in [3.8, 4) is 0 Å². The van der Waals surface area contributed by atoms with E-state index in [1.54, 1.807) is 45.0 Å². The summed E-state index contributed by atoms with van der Waals surface area (Å²) in [6.45, 7) is 0.201. The van der Waals surface area contributed by atoms with Gasteiger partial charge in [0.15, 0.2) is 0 Å². The second-order valence-corrected chi connectivity index (χ2v) is 5.25. The van der Waals surface area contributed by atoms with Crippen LogP contribution in [0.3, 0.4) is 0 Å². The second-order valence-electron chi connectivity index (χ2n) is 5.25. The highest BCUT2D eigenvalue weighted by Crippen LogP contribution is 2.21. The molecule has 0 aliphatic rings. The summed E-state index contributed by atoms with van der Waals surface area (Å²) >= 11 is 0. The van der Waals surface area contributed by atoms with E-state index in [4.69, 9.17) is 0 Å². The summed E-state index contributed by atoms with van der Waals surface area (Å²) in [4.78, 5) is 29.1. The van der Waals surface area contributed by atoms with E-state index in [1.165, 1.54) is 4.90 Å². The third kappa shape index (κ3) is 4.06. The molecule has 0 spiro atoms. The van der Waals surface area contributed by atoms with E-state index < -0.39 is 6.04 Å². The summed E-state index contributed by atoms with van der Waals surface area (Å²) < 4.78 is 0. The van der Waals surface area contributed by atoms with Crippen molar-refractivity contribution in [2.75, 3.05) is 41.8 Å². The van der Waals surface area contributed by atoms with Crippen LogP contribution in [0.4, 0.5) is 0 Å². The van der Waals surface area contributed by atoms with Gasteiger partial charge in [0.25, 0.3) is 0 Å². The molecule has 20 heavy (non-hydrogen) atoms. The highest BCUT2D eigenvalue weighted by atomic mass is 16.2. The number of nitrogens with zero attached hydrogens (tertiary/aromatic N) is 3. The lowest BCUT2D eigenvalue weighted by molar-refractivity contribution is -0.136. The molecule has 0 heterocycles. The molecule has 110 valence electrons. The summed E-state index contributed by atoms with van der Waals surface area (Å²) in [5.74, 6) is -0.0646. The first-order chi connectivity index (χ1) is 9.34. The fraction of sp³-hybridized carbons (Fsp3) is 0.467. The Morgan fingerprint density at radius 2 is 1.50 bits per heavy atom. The van der Waals surface area contributed by atoms with Gasteiger partial charge in [-0.05, 0) is 12.6 Å². The molecule has 0 bridgehead atoms. The maximum Gasteiger partial charge on any atom is 0.244 e. The smallest absolute Gasteiger partial charge is 0.244 e. The molecule has 2 amide bonds. The molecule has 5 heteroatoms. The van der Waals surface area contributed by atoms with Gasteiger partial charge in [-0.25, -0.2) is 0 Å². The maximum atomic E-state index is 12.4. The number of carbonyl (C=O) groups excluding carboxylic acids is 2. The molecular formula is C15H23N3O2. The van der Waals surface area contributed by atoms with Crippen LogP contribution in [-0.2, 0) is 9.59 Å². The van der Waals surface area contributed by atoms with Crippen LogP contribution >= 0.6 is 0 Å². The maximum absolute atomic E-state index is 12.4. The predicted octanol–water partition coefficient (Wildman–Crippen LogP) is 0.836. The molecule has 0 saturated heterocycles. The zero-order valence-electron chi connectivity index (χ0n) is 12.8. The van der Waals surface area contributed by atoms with Crippen molar-refractivity contribution in [1.29, 1.82) is 0 Å². The number of carbonyl (C=O) groups is 2. The van der Waals surface area contributed by atoms with E-state index in [9.17, 15) is 9.59 Å². The number of amides is 2. The topological polar surface area (TPSA) is 43.9 Å². The van der Waals surface area contributed by atoms with Gasteiger partial charge in [0, 0.05) is 28.2 Å². The van der Waals surface area contributed by atoms with Crippen molar-refractivity contribution in [2.24, 2.45) is 0 Å². The van der Waals surface area contributed by atoms with Gasteiger partial charge in [0.05, 0.1) is 6.54 Å². The molecule has 1 atom stereocenters. The molecule has 0 aromatic heterocycles. The molecule has 1 aromatic carbocycles.